The molecule has 1 unspecified atom stereocenters. The lowest BCUT2D eigenvalue weighted by Gasteiger charge is -2.28. The summed E-state index contributed by atoms with van der Waals surface area (Å²) in [5.74, 6) is 1.60. The van der Waals surface area contributed by atoms with E-state index in [1.54, 1.807) is 12.3 Å². The molecule has 1 aliphatic carbocycles. The molecule has 2 aliphatic heterocycles. The lowest BCUT2D eigenvalue weighted by molar-refractivity contribution is -0.137. The van der Waals surface area contributed by atoms with E-state index < -0.39 is 11.7 Å². The zero-order chi connectivity index (χ0) is 23.0. The van der Waals surface area contributed by atoms with Crippen molar-refractivity contribution >= 4 is 5.82 Å². The molecule has 0 amide bonds. The second kappa shape index (κ2) is 9.18. The van der Waals surface area contributed by atoms with Crippen molar-refractivity contribution in [3.8, 4) is 11.3 Å². The standard InChI is InChI=1S/C24H30F3N5O/c1-15-2-5-28-11-20(15)22-10-21(24(25,26)27)23(31-30-22)29-19-8-17-13-32(14-18(17)9-19)12-16-3-6-33-7-4-16/h2,5,10-11,16-19H,3-4,6-9,12-14H2,1H3,(H,29,31)/t17-,18+,19?. The monoisotopic (exact) mass is 461 g/mol. The maximum absolute atomic E-state index is 13.9. The Labute approximate surface area is 191 Å². The third-order valence-corrected chi connectivity index (χ3v) is 7.44. The van der Waals surface area contributed by atoms with Crippen LogP contribution in [0.15, 0.2) is 24.5 Å². The van der Waals surface area contributed by atoms with E-state index >= 15 is 0 Å². The number of aryl methyl sites for hydroxylation is 1. The number of likely N-dealkylation sites (tertiary alicyclic amines) is 1. The van der Waals surface area contributed by atoms with Gasteiger partial charge in [0.05, 0.1) is 5.69 Å². The predicted octanol–water partition coefficient (Wildman–Crippen LogP) is 4.41. The zero-order valence-corrected chi connectivity index (χ0v) is 18.8. The van der Waals surface area contributed by atoms with Crippen LogP contribution < -0.4 is 5.32 Å². The van der Waals surface area contributed by atoms with Crippen molar-refractivity contribution in [2.75, 3.05) is 38.2 Å². The second-order valence-corrected chi connectivity index (χ2v) is 9.79. The molecule has 5 rings (SSSR count). The molecule has 0 radical (unpaired) electrons. The number of hydrogen-bond acceptors (Lipinski definition) is 6. The van der Waals surface area contributed by atoms with E-state index in [2.05, 4.69) is 25.4 Å². The van der Waals surface area contributed by atoms with Crippen molar-refractivity contribution in [1.82, 2.24) is 20.1 Å². The normalized spacial score (nSPS) is 26.5. The lowest BCUT2D eigenvalue weighted by atomic mass is 10.00. The van der Waals surface area contributed by atoms with Crippen LogP contribution in [0.25, 0.3) is 11.3 Å². The number of halogens is 3. The topological polar surface area (TPSA) is 63.2 Å². The van der Waals surface area contributed by atoms with Crippen LogP contribution in [-0.2, 0) is 10.9 Å². The summed E-state index contributed by atoms with van der Waals surface area (Å²) in [5.41, 5.74) is 0.781. The Morgan fingerprint density at radius 1 is 1.12 bits per heavy atom. The van der Waals surface area contributed by atoms with Crippen LogP contribution in [0.4, 0.5) is 19.0 Å². The van der Waals surface area contributed by atoms with E-state index in [1.165, 1.54) is 6.20 Å². The third kappa shape index (κ3) is 4.99. The maximum atomic E-state index is 13.9. The smallest absolute Gasteiger partial charge is 0.381 e. The molecule has 1 saturated carbocycles. The summed E-state index contributed by atoms with van der Waals surface area (Å²) in [5, 5.41) is 11.2. The lowest BCUT2D eigenvalue weighted by Crippen LogP contribution is -2.32. The summed E-state index contributed by atoms with van der Waals surface area (Å²) in [6.07, 6.45) is 2.62. The molecule has 6 nitrogen and oxygen atoms in total. The number of aromatic nitrogens is 3. The summed E-state index contributed by atoms with van der Waals surface area (Å²) >= 11 is 0. The van der Waals surface area contributed by atoms with Crippen LogP contribution in [0.1, 0.15) is 36.8 Å². The highest BCUT2D eigenvalue weighted by Crippen LogP contribution is 2.42. The van der Waals surface area contributed by atoms with Crippen molar-refractivity contribution in [2.45, 2.75) is 44.8 Å². The number of pyridine rings is 1. The molecule has 0 spiro atoms. The van der Waals surface area contributed by atoms with Gasteiger partial charge in [-0.05, 0) is 68.1 Å². The summed E-state index contributed by atoms with van der Waals surface area (Å²) < 4.78 is 47.1. The van der Waals surface area contributed by atoms with E-state index in [1.807, 2.05) is 6.92 Å². The molecule has 2 saturated heterocycles. The number of anilines is 1. The Bertz CT molecular complexity index is 965. The molecule has 3 aliphatic rings. The van der Waals surface area contributed by atoms with E-state index in [-0.39, 0.29) is 17.6 Å². The molecule has 3 atom stereocenters. The van der Waals surface area contributed by atoms with Crippen LogP contribution in [0.2, 0.25) is 0 Å². The highest BCUT2D eigenvalue weighted by Gasteiger charge is 2.43. The van der Waals surface area contributed by atoms with Gasteiger partial charge >= 0.3 is 6.18 Å². The van der Waals surface area contributed by atoms with Crippen molar-refractivity contribution in [2.24, 2.45) is 17.8 Å². The number of hydrogen-bond donors (Lipinski definition) is 1. The number of rotatable bonds is 5. The van der Waals surface area contributed by atoms with Crippen LogP contribution in [-0.4, -0.2) is 59.0 Å². The van der Waals surface area contributed by atoms with E-state index in [0.717, 1.165) is 70.2 Å². The minimum atomic E-state index is -4.52. The van der Waals surface area contributed by atoms with Crippen LogP contribution in [0, 0.1) is 24.7 Å². The highest BCUT2D eigenvalue weighted by molar-refractivity contribution is 5.64. The fourth-order valence-corrected chi connectivity index (χ4v) is 5.73. The number of nitrogens with one attached hydrogen (secondary N) is 1. The van der Waals surface area contributed by atoms with Gasteiger partial charge in [0.1, 0.15) is 5.56 Å². The Hall–Kier alpha value is -2.26. The predicted molar refractivity (Wildman–Crippen MR) is 119 cm³/mol. The summed E-state index contributed by atoms with van der Waals surface area (Å²) in [7, 11) is 0. The molecule has 2 aromatic rings. The molecule has 2 aromatic heterocycles. The molecule has 178 valence electrons. The minimum absolute atomic E-state index is 0.00777. The highest BCUT2D eigenvalue weighted by atomic mass is 19.4. The van der Waals surface area contributed by atoms with Gasteiger partial charge in [0.25, 0.3) is 0 Å². The summed E-state index contributed by atoms with van der Waals surface area (Å²) in [6, 6.07) is 2.83. The number of ether oxygens (including phenoxy) is 1. The fourth-order valence-electron chi connectivity index (χ4n) is 5.73. The van der Waals surface area contributed by atoms with Gasteiger partial charge in [-0.2, -0.15) is 13.2 Å². The van der Waals surface area contributed by atoms with Gasteiger partial charge in [-0.1, -0.05) is 0 Å². The van der Waals surface area contributed by atoms with E-state index in [0.29, 0.717) is 23.3 Å². The zero-order valence-electron chi connectivity index (χ0n) is 18.8. The van der Waals surface area contributed by atoms with Crippen LogP contribution in [0.3, 0.4) is 0 Å². The van der Waals surface area contributed by atoms with Crippen molar-refractivity contribution in [1.29, 1.82) is 0 Å². The number of alkyl halides is 3. The Morgan fingerprint density at radius 2 is 1.85 bits per heavy atom. The van der Waals surface area contributed by atoms with Gasteiger partial charge in [-0.25, -0.2) is 0 Å². The summed E-state index contributed by atoms with van der Waals surface area (Å²) in [4.78, 5) is 6.57. The van der Waals surface area contributed by atoms with Crippen molar-refractivity contribution in [3.63, 3.8) is 0 Å². The summed E-state index contributed by atoms with van der Waals surface area (Å²) in [6.45, 7) is 6.74. The molecule has 0 aromatic carbocycles. The first kappa shape index (κ1) is 22.5. The number of fused-ring (bicyclic) bond motifs is 1. The first-order valence-corrected chi connectivity index (χ1v) is 11.8. The first-order chi connectivity index (χ1) is 15.9. The largest absolute Gasteiger partial charge is 0.420 e. The minimum Gasteiger partial charge on any atom is -0.381 e. The SMILES string of the molecule is Cc1ccncc1-c1cc(C(F)(F)F)c(NC2C[C@@H]3CN(CC4CCOCC4)C[C@@H]3C2)nn1. The molecular formula is C24H30F3N5O. The Balaban J connectivity index is 1.25. The van der Waals surface area contributed by atoms with E-state index in [9.17, 15) is 13.2 Å². The Morgan fingerprint density at radius 3 is 2.52 bits per heavy atom. The van der Waals surface area contributed by atoms with Gasteiger partial charge in [-0.15, -0.1) is 10.2 Å². The fraction of sp³-hybridized carbons (Fsp3) is 0.625. The van der Waals surface area contributed by atoms with Crippen molar-refractivity contribution < 1.29 is 17.9 Å². The molecule has 4 heterocycles. The molecule has 0 bridgehead atoms. The average molecular weight is 462 g/mol. The van der Waals surface area contributed by atoms with Crippen LogP contribution >= 0.6 is 0 Å². The van der Waals surface area contributed by atoms with Gasteiger partial charge in [0.2, 0.25) is 0 Å². The molecular weight excluding hydrogens is 431 g/mol. The molecule has 33 heavy (non-hydrogen) atoms. The molecule has 3 fully saturated rings. The van der Waals surface area contributed by atoms with Crippen LogP contribution in [0.5, 0.6) is 0 Å². The molecule has 9 heteroatoms. The third-order valence-electron chi connectivity index (χ3n) is 7.44. The second-order valence-electron chi connectivity index (χ2n) is 9.79. The van der Waals surface area contributed by atoms with Crippen molar-refractivity contribution in [3.05, 3.63) is 35.7 Å². The van der Waals surface area contributed by atoms with Gasteiger partial charge in [0.15, 0.2) is 5.82 Å². The maximum Gasteiger partial charge on any atom is 0.420 e. The Kier molecular flexibility index (Phi) is 6.26. The van der Waals surface area contributed by atoms with Gasteiger partial charge in [-0.3, -0.25) is 4.98 Å². The van der Waals surface area contributed by atoms with Gasteiger partial charge < -0.3 is 15.0 Å². The van der Waals surface area contributed by atoms with E-state index in [4.69, 9.17) is 4.74 Å². The quantitative estimate of drug-likeness (QED) is 0.712. The number of nitrogens with zero attached hydrogens (tertiary/aromatic N) is 4. The molecule has 1 N–H and O–H groups in total. The first-order valence-electron chi connectivity index (χ1n) is 11.8. The van der Waals surface area contributed by atoms with Gasteiger partial charge in [0, 0.05) is 56.8 Å². The average Bonchev–Trinajstić information content (AvgIpc) is 3.32.